The Balaban J connectivity index is 1.90. The smallest absolute Gasteiger partial charge is 0.263 e. The Labute approximate surface area is 147 Å². The summed E-state index contributed by atoms with van der Waals surface area (Å²) in [6.07, 6.45) is 2.72. The van der Waals surface area contributed by atoms with Gasteiger partial charge in [-0.2, -0.15) is 0 Å². The minimum Gasteiger partial charge on any atom is -0.352 e. The number of carbonyl (C=O) groups excluding carboxylic acids is 2. The summed E-state index contributed by atoms with van der Waals surface area (Å²) in [4.78, 5) is 39.7. The first-order valence-electron chi connectivity index (χ1n) is 8.95. The lowest BCUT2D eigenvalue weighted by Gasteiger charge is -2.35. The van der Waals surface area contributed by atoms with Crippen LogP contribution in [0, 0.1) is 6.92 Å². The van der Waals surface area contributed by atoms with Crippen LogP contribution in [0.2, 0.25) is 0 Å². The lowest BCUT2D eigenvalue weighted by molar-refractivity contribution is -0.126. The number of piperazine rings is 1. The number of rotatable bonds is 4. The van der Waals surface area contributed by atoms with E-state index in [1.807, 2.05) is 13.8 Å². The predicted molar refractivity (Wildman–Crippen MR) is 94.7 cm³/mol. The summed E-state index contributed by atoms with van der Waals surface area (Å²) in [5.74, 6) is -0.495. The van der Waals surface area contributed by atoms with Crippen LogP contribution in [0.25, 0.3) is 0 Å². The number of carbonyl (C=O) groups is 2. The molecular formula is C18H26N4O3. The number of nitrogens with one attached hydrogen (secondary N) is 2. The Morgan fingerprint density at radius 1 is 1.36 bits per heavy atom. The molecule has 2 aliphatic rings. The van der Waals surface area contributed by atoms with Gasteiger partial charge in [0, 0.05) is 38.4 Å². The minimum atomic E-state index is -0.572. The Morgan fingerprint density at radius 2 is 2.08 bits per heavy atom. The molecule has 0 bridgehead atoms. The summed E-state index contributed by atoms with van der Waals surface area (Å²) in [6, 6.07) is 1.34. The number of hydrogen-bond acceptors (Lipinski definition) is 4. The van der Waals surface area contributed by atoms with E-state index in [-0.39, 0.29) is 29.0 Å². The van der Waals surface area contributed by atoms with Gasteiger partial charge in [0.15, 0.2) is 0 Å². The lowest BCUT2D eigenvalue weighted by Crippen LogP contribution is -2.60. The molecule has 25 heavy (non-hydrogen) atoms. The second-order valence-corrected chi connectivity index (χ2v) is 6.91. The van der Waals surface area contributed by atoms with E-state index in [2.05, 4.69) is 10.6 Å². The van der Waals surface area contributed by atoms with Crippen LogP contribution in [-0.4, -0.2) is 53.0 Å². The normalized spacial score (nSPS) is 20.4. The zero-order chi connectivity index (χ0) is 18.1. The first-order chi connectivity index (χ1) is 11.9. The molecular weight excluding hydrogens is 320 g/mol. The van der Waals surface area contributed by atoms with Gasteiger partial charge < -0.3 is 20.1 Å². The third-order valence-electron chi connectivity index (χ3n) is 5.05. The van der Waals surface area contributed by atoms with Crippen LogP contribution in [-0.2, 0) is 18.3 Å². The molecule has 2 fully saturated rings. The molecule has 3 rings (SSSR count). The predicted octanol–water partition coefficient (Wildman–Crippen LogP) is -0.0513. The molecule has 2 N–H and O–H groups in total. The molecule has 136 valence electrons. The average Bonchev–Trinajstić information content (AvgIpc) is 3.42. The topological polar surface area (TPSA) is 83.4 Å². The highest BCUT2D eigenvalue weighted by Gasteiger charge is 2.36. The van der Waals surface area contributed by atoms with Crippen molar-refractivity contribution in [3.05, 3.63) is 33.2 Å². The van der Waals surface area contributed by atoms with Gasteiger partial charge in [0.05, 0.1) is 0 Å². The zero-order valence-corrected chi connectivity index (χ0v) is 15.1. The van der Waals surface area contributed by atoms with Gasteiger partial charge in [0.1, 0.15) is 11.6 Å². The highest BCUT2D eigenvalue weighted by Crippen LogP contribution is 2.20. The fourth-order valence-corrected chi connectivity index (χ4v) is 3.46. The van der Waals surface area contributed by atoms with Gasteiger partial charge in [0.25, 0.3) is 11.5 Å². The molecule has 1 aliphatic carbocycles. The van der Waals surface area contributed by atoms with E-state index in [4.69, 9.17) is 0 Å². The van der Waals surface area contributed by atoms with E-state index in [0.29, 0.717) is 19.6 Å². The summed E-state index contributed by atoms with van der Waals surface area (Å²) in [5.41, 5.74) is 1.68. The molecule has 0 radical (unpaired) electrons. The van der Waals surface area contributed by atoms with Crippen molar-refractivity contribution in [3.8, 4) is 0 Å². The fraction of sp³-hybridized carbons (Fsp3) is 0.611. The minimum absolute atomic E-state index is 0.137. The van der Waals surface area contributed by atoms with Crippen LogP contribution >= 0.6 is 0 Å². The molecule has 1 atom stereocenters. The standard InChI is InChI=1S/C18H26N4O3/c1-4-14-11(2)9-13(17(24)21(14)3)18(25)22-8-7-19-10-15(22)16(23)20-12-5-6-12/h9,12,15,19H,4-8,10H2,1-3H3,(H,20,23)/t15-/m1/s1. The van der Waals surface area contributed by atoms with Gasteiger partial charge in [-0.1, -0.05) is 6.92 Å². The largest absolute Gasteiger partial charge is 0.352 e. The quantitative estimate of drug-likeness (QED) is 0.801. The molecule has 0 unspecified atom stereocenters. The molecule has 2 heterocycles. The van der Waals surface area contributed by atoms with Crippen LogP contribution in [0.3, 0.4) is 0 Å². The van der Waals surface area contributed by atoms with Crippen molar-refractivity contribution in [1.29, 1.82) is 0 Å². The van der Waals surface area contributed by atoms with Gasteiger partial charge in [-0.15, -0.1) is 0 Å². The zero-order valence-electron chi connectivity index (χ0n) is 15.1. The Kier molecular flexibility index (Phi) is 4.94. The van der Waals surface area contributed by atoms with Crippen molar-refractivity contribution in [2.45, 2.75) is 45.2 Å². The second kappa shape index (κ2) is 7.00. The number of aryl methyl sites for hydroxylation is 1. The molecule has 2 amide bonds. The van der Waals surface area contributed by atoms with Gasteiger partial charge in [-0.05, 0) is 37.8 Å². The summed E-state index contributed by atoms with van der Waals surface area (Å²) < 4.78 is 1.55. The fourth-order valence-electron chi connectivity index (χ4n) is 3.46. The van der Waals surface area contributed by atoms with Crippen molar-refractivity contribution < 1.29 is 9.59 Å². The number of hydrogen-bond donors (Lipinski definition) is 2. The van der Waals surface area contributed by atoms with Crippen LogP contribution in [0.15, 0.2) is 10.9 Å². The highest BCUT2D eigenvalue weighted by atomic mass is 16.2. The first kappa shape index (κ1) is 17.7. The lowest BCUT2D eigenvalue weighted by atomic mass is 10.1. The SMILES string of the molecule is CCc1c(C)cc(C(=O)N2CCNC[C@@H]2C(=O)NC2CC2)c(=O)n1C. The molecule has 1 saturated heterocycles. The van der Waals surface area contributed by atoms with Crippen LogP contribution in [0.4, 0.5) is 0 Å². The van der Waals surface area contributed by atoms with E-state index >= 15 is 0 Å². The van der Waals surface area contributed by atoms with Crippen LogP contribution in [0.5, 0.6) is 0 Å². The molecule has 0 aromatic carbocycles. The summed E-state index contributed by atoms with van der Waals surface area (Å²) in [7, 11) is 1.69. The van der Waals surface area contributed by atoms with Crippen molar-refractivity contribution in [3.63, 3.8) is 0 Å². The van der Waals surface area contributed by atoms with Crippen LogP contribution < -0.4 is 16.2 Å². The third-order valence-corrected chi connectivity index (χ3v) is 5.05. The maximum atomic E-state index is 13.0. The van der Waals surface area contributed by atoms with E-state index in [9.17, 15) is 14.4 Å². The molecule has 1 aromatic heterocycles. The number of amides is 2. The summed E-state index contributed by atoms with van der Waals surface area (Å²) in [6.45, 7) is 5.34. The van der Waals surface area contributed by atoms with Gasteiger partial charge in [-0.3, -0.25) is 14.4 Å². The molecule has 1 saturated carbocycles. The summed E-state index contributed by atoms with van der Waals surface area (Å²) in [5, 5.41) is 6.12. The Hall–Kier alpha value is -2.15. The maximum Gasteiger partial charge on any atom is 0.263 e. The number of pyridine rings is 1. The molecule has 7 heteroatoms. The molecule has 0 spiro atoms. The maximum absolute atomic E-state index is 13.0. The third kappa shape index (κ3) is 3.46. The molecule has 1 aromatic rings. The highest BCUT2D eigenvalue weighted by molar-refractivity contribution is 5.97. The first-order valence-corrected chi connectivity index (χ1v) is 8.95. The number of nitrogens with zero attached hydrogens (tertiary/aromatic N) is 2. The van der Waals surface area contributed by atoms with E-state index in [1.54, 1.807) is 17.7 Å². The van der Waals surface area contributed by atoms with E-state index in [0.717, 1.165) is 30.5 Å². The van der Waals surface area contributed by atoms with Gasteiger partial charge in [-0.25, -0.2) is 0 Å². The van der Waals surface area contributed by atoms with Crippen LogP contribution in [0.1, 0.15) is 41.4 Å². The second-order valence-electron chi connectivity index (χ2n) is 6.91. The molecule has 7 nitrogen and oxygen atoms in total. The van der Waals surface area contributed by atoms with Gasteiger partial charge >= 0.3 is 0 Å². The van der Waals surface area contributed by atoms with E-state index < -0.39 is 6.04 Å². The Morgan fingerprint density at radius 3 is 2.72 bits per heavy atom. The van der Waals surface area contributed by atoms with Gasteiger partial charge in [0.2, 0.25) is 5.91 Å². The molecule has 1 aliphatic heterocycles. The van der Waals surface area contributed by atoms with Crippen molar-refractivity contribution in [2.24, 2.45) is 7.05 Å². The number of aromatic nitrogens is 1. The average molecular weight is 346 g/mol. The van der Waals surface area contributed by atoms with Crippen molar-refractivity contribution in [1.82, 2.24) is 20.1 Å². The van der Waals surface area contributed by atoms with Crippen molar-refractivity contribution in [2.75, 3.05) is 19.6 Å². The Bertz CT molecular complexity index is 751. The summed E-state index contributed by atoms with van der Waals surface area (Å²) >= 11 is 0. The van der Waals surface area contributed by atoms with E-state index in [1.165, 1.54) is 4.90 Å². The monoisotopic (exact) mass is 346 g/mol. The van der Waals surface area contributed by atoms with Crippen molar-refractivity contribution >= 4 is 11.8 Å².